The highest BCUT2D eigenvalue weighted by molar-refractivity contribution is 6.31. The van der Waals surface area contributed by atoms with Crippen molar-refractivity contribution in [3.8, 4) is 0 Å². The highest BCUT2D eigenvalue weighted by Crippen LogP contribution is 2.27. The molecule has 0 saturated carbocycles. The predicted molar refractivity (Wildman–Crippen MR) is 119 cm³/mol. The molecule has 1 saturated heterocycles. The molecule has 30 heavy (non-hydrogen) atoms. The minimum Gasteiger partial charge on any atom is -0.462 e. The van der Waals surface area contributed by atoms with Crippen LogP contribution in [0.1, 0.15) is 65.4 Å². The molecule has 0 spiro atoms. The number of carbonyl (C=O) groups excluding carboxylic acids is 2. The lowest BCUT2D eigenvalue weighted by molar-refractivity contribution is 0.0526. The van der Waals surface area contributed by atoms with Gasteiger partial charge in [-0.25, -0.2) is 10.2 Å². The number of rotatable bonds is 7. The van der Waals surface area contributed by atoms with Gasteiger partial charge in [0.15, 0.2) is 0 Å². The number of esters is 1. The molecule has 0 radical (unpaired) electrons. The van der Waals surface area contributed by atoms with Crippen molar-refractivity contribution in [1.82, 2.24) is 10.9 Å². The van der Waals surface area contributed by atoms with E-state index in [1.54, 1.807) is 25.1 Å². The fraction of sp³-hybridized carbons (Fsp3) is 0.391. The van der Waals surface area contributed by atoms with Gasteiger partial charge in [0.1, 0.15) is 0 Å². The predicted octanol–water partition coefficient (Wildman–Crippen LogP) is 4.50. The van der Waals surface area contributed by atoms with Crippen molar-refractivity contribution in [2.24, 2.45) is 0 Å². The van der Waals surface area contributed by atoms with E-state index in [1.165, 1.54) is 6.42 Å². The van der Waals surface area contributed by atoms with E-state index < -0.39 is 0 Å². The molecule has 1 aliphatic rings. The Balaban J connectivity index is 1.65. The molecule has 0 bridgehead atoms. The Morgan fingerprint density at radius 1 is 1.10 bits per heavy atom. The lowest BCUT2D eigenvalue weighted by Gasteiger charge is -2.30. The van der Waals surface area contributed by atoms with Crippen molar-refractivity contribution >= 4 is 29.2 Å². The van der Waals surface area contributed by atoms with Crippen molar-refractivity contribution in [1.29, 1.82) is 0 Å². The Hall–Kier alpha value is -2.57. The second-order valence-corrected chi connectivity index (χ2v) is 7.81. The van der Waals surface area contributed by atoms with Crippen LogP contribution in [0.25, 0.3) is 0 Å². The summed E-state index contributed by atoms with van der Waals surface area (Å²) in [5.41, 5.74) is 8.74. The summed E-state index contributed by atoms with van der Waals surface area (Å²) >= 11 is 6.16. The number of ether oxygens (including phenoxy) is 1. The Labute approximate surface area is 182 Å². The van der Waals surface area contributed by atoms with Gasteiger partial charge in [0.2, 0.25) is 0 Å². The molecule has 160 valence electrons. The molecule has 6 nitrogen and oxygen atoms in total. The molecule has 1 unspecified atom stereocenters. The van der Waals surface area contributed by atoms with E-state index in [0.717, 1.165) is 37.2 Å². The minimum absolute atomic E-state index is 0.150. The van der Waals surface area contributed by atoms with Gasteiger partial charge in [-0.1, -0.05) is 23.7 Å². The third-order valence-electron chi connectivity index (χ3n) is 5.22. The van der Waals surface area contributed by atoms with Gasteiger partial charge in [-0.3, -0.25) is 10.2 Å². The quantitative estimate of drug-likeness (QED) is 0.500. The molecule has 0 aliphatic carbocycles. The smallest absolute Gasteiger partial charge is 0.338 e. The molecule has 1 heterocycles. The summed E-state index contributed by atoms with van der Waals surface area (Å²) < 4.78 is 5.00. The highest BCUT2D eigenvalue weighted by atomic mass is 35.5. The van der Waals surface area contributed by atoms with Gasteiger partial charge in [0, 0.05) is 29.8 Å². The van der Waals surface area contributed by atoms with E-state index in [-0.39, 0.29) is 17.9 Å². The average Bonchev–Trinajstić information content (AvgIpc) is 2.78. The zero-order chi connectivity index (χ0) is 21.5. The first kappa shape index (κ1) is 22.1. The van der Waals surface area contributed by atoms with Crippen molar-refractivity contribution in [2.45, 2.75) is 39.2 Å². The zero-order valence-corrected chi connectivity index (χ0v) is 18.2. The van der Waals surface area contributed by atoms with Crippen LogP contribution in [0.3, 0.4) is 0 Å². The molecule has 1 fully saturated rings. The van der Waals surface area contributed by atoms with Crippen LogP contribution >= 0.6 is 11.6 Å². The third kappa shape index (κ3) is 5.52. The second kappa shape index (κ2) is 10.5. The zero-order valence-electron chi connectivity index (χ0n) is 17.4. The van der Waals surface area contributed by atoms with Crippen LogP contribution in [0.4, 0.5) is 5.69 Å². The van der Waals surface area contributed by atoms with Gasteiger partial charge >= 0.3 is 5.97 Å². The molecule has 1 aliphatic heterocycles. The van der Waals surface area contributed by atoms with Gasteiger partial charge in [-0.2, -0.15) is 0 Å². The number of halogens is 1. The maximum atomic E-state index is 12.9. The summed E-state index contributed by atoms with van der Waals surface area (Å²) in [6.07, 6.45) is 3.47. The fourth-order valence-corrected chi connectivity index (χ4v) is 3.72. The normalized spacial score (nSPS) is 14.8. The first-order valence-corrected chi connectivity index (χ1v) is 10.7. The molecule has 7 heteroatoms. The standard InChI is InChI=1S/C23H28ClN3O3/c1-3-30-23(29)18-9-7-17(8-10-18)16(2)25-26-22(28)20-15-19(24)11-12-21(20)27-13-5-4-6-14-27/h7-12,15-16,25H,3-6,13-14H2,1-2H3,(H,26,28). The number of benzene rings is 2. The number of piperidine rings is 1. The average molecular weight is 430 g/mol. The fourth-order valence-electron chi connectivity index (χ4n) is 3.55. The molecule has 3 rings (SSSR count). The van der Waals surface area contributed by atoms with E-state index >= 15 is 0 Å². The summed E-state index contributed by atoms with van der Waals surface area (Å²) in [4.78, 5) is 26.9. The highest BCUT2D eigenvalue weighted by Gasteiger charge is 2.19. The third-order valence-corrected chi connectivity index (χ3v) is 5.46. The summed E-state index contributed by atoms with van der Waals surface area (Å²) in [5, 5.41) is 0.531. The summed E-state index contributed by atoms with van der Waals surface area (Å²) in [6, 6.07) is 12.4. The molecule has 1 atom stereocenters. The molecule has 0 aromatic heterocycles. The Bertz CT molecular complexity index is 880. The van der Waals surface area contributed by atoms with Gasteiger partial charge in [0.25, 0.3) is 5.91 Å². The number of carbonyl (C=O) groups is 2. The van der Waals surface area contributed by atoms with E-state index in [1.807, 2.05) is 31.2 Å². The minimum atomic E-state index is -0.343. The molecule has 2 N–H and O–H groups in total. The molecule has 2 aromatic rings. The molecule has 2 aromatic carbocycles. The summed E-state index contributed by atoms with van der Waals surface area (Å²) in [5.74, 6) is -0.572. The SMILES string of the molecule is CCOC(=O)c1ccc(C(C)NNC(=O)c2cc(Cl)ccc2N2CCCCC2)cc1. The van der Waals surface area contributed by atoms with Crippen LogP contribution < -0.4 is 15.8 Å². The van der Waals surface area contributed by atoms with E-state index in [2.05, 4.69) is 15.8 Å². The van der Waals surface area contributed by atoms with E-state index in [4.69, 9.17) is 16.3 Å². The molecular formula is C23H28ClN3O3. The van der Waals surface area contributed by atoms with E-state index in [9.17, 15) is 9.59 Å². The second-order valence-electron chi connectivity index (χ2n) is 7.37. The van der Waals surface area contributed by atoms with Crippen molar-refractivity contribution < 1.29 is 14.3 Å². The monoisotopic (exact) mass is 429 g/mol. The van der Waals surface area contributed by atoms with Crippen LogP contribution in [0, 0.1) is 0 Å². The van der Waals surface area contributed by atoms with Crippen molar-refractivity contribution in [3.63, 3.8) is 0 Å². The van der Waals surface area contributed by atoms with Crippen LogP contribution in [-0.4, -0.2) is 31.6 Å². The molecule has 1 amide bonds. The first-order chi connectivity index (χ1) is 14.5. The Morgan fingerprint density at radius 3 is 2.47 bits per heavy atom. The topological polar surface area (TPSA) is 70.7 Å². The van der Waals surface area contributed by atoms with Gasteiger partial charge < -0.3 is 9.64 Å². The number of nitrogens with zero attached hydrogens (tertiary/aromatic N) is 1. The number of anilines is 1. The van der Waals surface area contributed by atoms with Crippen LogP contribution in [0.5, 0.6) is 0 Å². The van der Waals surface area contributed by atoms with Crippen LogP contribution in [0.15, 0.2) is 42.5 Å². The molecular weight excluding hydrogens is 402 g/mol. The number of hydrazine groups is 1. The Morgan fingerprint density at radius 2 is 1.80 bits per heavy atom. The maximum absolute atomic E-state index is 12.9. The Kier molecular flexibility index (Phi) is 7.71. The number of amides is 1. The van der Waals surface area contributed by atoms with E-state index in [0.29, 0.717) is 22.8 Å². The van der Waals surface area contributed by atoms with Crippen LogP contribution in [-0.2, 0) is 4.74 Å². The number of nitrogens with one attached hydrogen (secondary N) is 2. The summed E-state index contributed by atoms with van der Waals surface area (Å²) in [6.45, 7) is 5.94. The van der Waals surface area contributed by atoms with Crippen LogP contribution in [0.2, 0.25) is 5.02 Å². The van der Waals surface area contributed by atoms with Gasteiger partial charge in [-0.05, 0) is 69.0 Å². The van der Waals surface area contributed by atoms with Gasteiger partial charge in [0.05, 0.1) is 17.7 Å². The van der Waals surface area contributed by atoms with Gasteiger partial charge in [-0.15, -0.1) is 0 Å². The lowest BCUT2D eigenvalue weighted by Crippen LogP contribution is -2.40. The largest absolute Gasteiger partial charge is 0.462 e. The lowest BCUT2D eigenvalue weighted by atomic mass is 10.1. The number of hydrogen-bond donors (Lipinski definition) is 2. The summed E-state index contributed by atoms with van der Waals surface area (Å²) in [7, 11) is 0. The number of hydrogen-bond acceptors (Lipinski definition) is 5. The van der Waals surface area contributed by atoms with Crippen molar-refractivity contribution in [2.75, 3.05) is 24.6 Å². The van der Waals surface area contributed by atoms with Crippen molar-refractivity contribution in [3.05, 3.63) is 64.2 Å². The maximum Gasteiger partial charge on any atom is 0.338 e. The first-order valence-electron chi connectivity index (χ1n) is 10.4.